The maximum atomic E-state index is 5.14. The molecule has 24 heavy (non-hydrogen) atoms. The Bertz CT molecular complexity index is 799. The Morgan fingerprint density at radius 2 is 2.08 bits per heavy atom. The van der Waals surface area contributed by atoms with Crippen molar-refractivity contribution in [3.05, 3.63) is 76.9 Å². The van der Waals surface area contributed by atoms with Crippen molar-refractivity contribution in [1.29, 1.82) is 0 Å². The van der Waals surface area contributed by atoms with Gasteiger partial charge in [-0.2, -0.15) is 0 Å². The van der Waals surface area contributed by atoms with Crippen LogP contribution < -0.4 is 0 Å². The summed E-state index contributed by atoms with van der Waals surface area (Å²) in [6.07, 6.45) is 6.20. The zero-order valence-corrected chi connectivity index (χ0v) is 14.3. The molecule has 0 radical (unpaired) electrons. The van der Waals surface area contributed by atoms with Crippen molar-refractivity contribution in [1.82, 2.24) is 19.9 Å². The highest BCUT2D eigenvalue weighted by Crippen LogP contribution is 2.30. The summed E-state index contributed by atoms with van der Waals surface area (Å²) in [7, 11) is 1.65. The second-order valence-electron chi connectivity index (χ2n) is 5.95. The van der Waals surface area contributed by atoms with Crippen molar-refractivity contribution in [3.8, 4) is 0 Å². The number of aryl methyl sites for hydroxylation is 1. The predicted molar refractivity (Wildman–Crippen MR) is 92.8 cm³/mol. The molecular weight excluding hydrogens is 300 g/mol. The van der Waals surface area contributed by atoms with Crippen LogP contribution in [0.2, 0.25) is 0 Å². The summed E-state index contributed by atoms with van der Waals surface area (Å²) in [5, 5.41) is 0. The second kappa shape index (κ2) is 7.36. The topological polar surface area (TPSA) is 63.7 Å². The molecule has 0 spiro atoms. The number of aromatic nitrogens is 4. The lowest BCUT2D eigenvalue weighted by Crippen LogP contribution is -2.10. The van der Waals surface area contributed by atoms with Gasteiger partial charge >= 0.3 is 0 Å². The number of rotatable bonds is 6. The van der Waals surface area contributed by atoms with Crippen LogP contribution >= 0.6 is 0 Å². The summed E-state index contributed by atoms with van der Waals surface area (Å²) < 4.78 is 5.14. The van der Waals surface area contributed by atoms with Gasteiger partial charge in [0.05, 0.1) is 6.33 Å². The highest BCUT2D eigenvalue weighted by atomic mass is 16.5. The third-order valence-corrected chi connectivity index (χ3v) is 4.37. The summed E-state index contributed by atoms with van der Waals surface area (Å²) in [5.74, 6) is 0.886. The Labute approximate surface area is 142 Å². The minimum atomic E-state index is 0.178. The van der Waals surface area contributed by atoms with E-state index in [2.05, 4.69) is 52.0 Å². The van der Waals surface area contributed by atoms with Gasteiger partial charge in [-0.25, -0.2) is 15.0 Å². The number of aromatic amines is 1. The van der Waals surface area contributed by atoms with Gasteiger partial charge in [0.15, 0.2) is 5.82 Å². The van der Waals surface area contributed by atoms with Crippen LogP contribution in [0.1, 0.15) is 39.8 Å². The van der Waals surface area contributed by atoms with Crippen molar-refractivity contribution in [3.63, 3.8) is 0 Å². The van der Waals surface area contributed by atoms with E-state index in [9.17, 15) is 0 Å². The molecule has 2 aromatic heterocycles. The van der Waals surface area contributed by atoms with E-state index < -0.39 is 0 Å². The van der Waals surface area contributed by atoms with Crippen LogP contribution in [-0.2, 0) is 17.8 Å². The monoisotopic (exact) mass is 322 g/mol. The van der Waals surface area contributed by atoms with E-state index in [0.29, 0.717) is 12.4 Å². The number of hydrogen-bond donors (Lipinski definition) is 1. The molecule has 0 aliphatic carbocycles. The molecule has 1 atom stereocenters. The zero-order valence-electron chi connectivity index (χ0n) is 14.3. The highest BCUT2D eigenvalue weighted by Gasteiger charge is 2.20. The quantitative estimate of drug-likeness (QED) is 0.756. The minimum absolute atomic E-state index is 0.178. The highest BCUT2D eigenvalue weighted by molar-refractivity contribution is 5.40. The smallest absolute Gasteiger partial charge is 0.154 e. The number of benzene rings is 1. The molecule has 0 saturated heterocycles. The lowest BCUT2D eigenvalue weighted by Gasteiger charge is -2.19. The maximum Gasteiger partial charge on any atom is 0.154 e. The lowest BCUT2D eigenvalue weighted by molar-refractivity contribution is 0.177. The summed E-state index contributed by atoms with van der Waals surface area (Å²) in [6.45, 7) is 4.74. The third kappa shape index (κ3) is 3.51. The minimum Gasteiger partial charge on any atom is -0.377 e. The molecule has 0 amide bonds. The lowest BCUT2D eigenvalue weighted by atomic mass is 9.87. The van der Waals surface area contributed by atoms with Crippen molar-refractivity contribution in [2.45, 2.75) is 32.8 Å². The molecule has 0 aliphatic rings. The number of nitrogens with zero attached hydrogens (tertiary/aromatic N) is 3. The first-order chi connectivity index (χ1) is 11.7. The molecule has 0 aliphatic heterocycles. The van der Waals surface area contributed by atoms with Crippen molar-refractivity contribution in [2.24, 2.45) is 0 Å². The SMILES string of the molecule is COCc1nccc(C[C@@H](c2cnc[nH]2)c2cccc(C)c2C)n1. The van der Waals surface area contributed by atoms with Crippen LogP contribution in [0.15, 0.2) is 43.0 Å². The number of methoxy groups -OCH3 is 1. The summed E-state index contributed by atoms with van der Waals surface area (Å²) in [6, 6.07) is 8.40. The summed E-state index contributed by atoms with van der Waals surface area (Å²) in [5.41, 5.74) is 5.99. The molecule has 124 valence electrons. The zero-order chi connectivity index (χ0) is 16.9. The average Bonchev–Trinajstić information content (AvgIpc) is 3.11. The molecule has 0 unspecified atom stereocenters. The number of imidazole rings is 1. The first-order valence-corrected chi connectivity index (χ1v) is 8.03. The van der Waals surface area contributed by atoms with Crippen molar-refractivity contribution < 1.29 is 4.74 Å². The van der Waals surface area contributed by atoms with E-state index in [1.54, 1.807) is 19.6 Å². The fourth-order valence-corrected chi connectivity index (χ4v) is 2.96. The second-order valence-corrected chi connectivity index (χ2v) is 5.95. The molecule has 2 heterocycles. The molecule has 3 aromatic rings. The van der Waals surface area contributed by atoms with Crippen LogP contribution in [0.4, 0.5) is 0 Å². The predicted octanol–water partition coefficient (Wildman–Crippen LogP) is 3.34. The van der Waals surface area contributed by atoms with Crippen LogP contribution in [0.5, 0.6) is 0 Å². The Morgan fingerprint density at radius 1 is 1.21 bits per heavy atom. The Hall–Kier alpha value is -2.53. The van der Waals surface area contributed by atoms with Crippen molar-refractivity contribution in [2.75, 3.05) is 7.11 Å². The molecule has 0 fully saturated rings. The van der Waals surface area contributed by atoms with E-state index in [0.717, 1.165) is 17.8 Å². The molecule has 3 rings (SSSR count). The number of hydrogen-bond acceptors (Lipinski definition) is 4. The van der Waals surface area contributed by atoms with Gasteiger partial charge in [-0.3, -0.25) is 0 Å². The van der Waals surface area contributed by atoms with E-state index >= 15 is 0 Å². The number of ether oxygens (including phenoxy) is 1. The normalized spacial score (nSPS) is 12.3. The van der Waals surface area contributed by atoms with E-state index in [1.807, 2.05) is 12.3 Å². The van der Waals surface area contributed by atoms with Gasteiger partial charge in [-0.15, -0.1) is 0 Å². The standard InChI is InChI=1S/C19H22N4O/c1-13-5-4-6-16(14(13)2)17(18-10-20-12-22-18)9-15-7-8-21-19(23-15)11-24-3/h4-8,10,12,17H,9,11H2,1-3H3,(H,20,22)/t17-/m1/s1. The summed E-state index contributed by atoms with van der Waals surface area (Å²) in [4.78, 5) is 16.3. The van der Waals surface area contributed by atoms with Crippen molar-refractivity contribution >= 4 is 0 Å². The number of H-pyrrole nitrogens is 1. The van der Waals surface area contributed by atoms with Crippen LogP contribution in [0, 0.1) is 13.8 Å². The molecule has 0 bridgehead atoms. The van der Waals surface area contributed by atoms with Gasteiger partial charge in [-0.1, -0.05) is 18.2 Å². The van der Waals surface area contributed by atoms with Gasteiger partial charge in [0.2, 0.25) is 0 Å². The maximum absolute atomic E-state index is 5.14. The Morgan fingerprint density at radius 3 is 2.83 bits per heavy atom. The van der Waals surface area contributed by atoms with Gasteiger partial charge in [-0.05, 0) is 36.6 Å². The third-order valence-electron chi connectivity index (χ3n) is 4.37. The Kier molecular flexibility index (Phi) is 5.01. The molecule has 1 aromatic carbocycles. The van der Waals surface area contributed by atoms with Gasteiger partial charge < -0.3 is 9.72 Å². The average molecular weight is 322 g/mol. The number of nitrogens with one attached hydrogen (secondary N) is 1. The van der Waals surface area contributed by atoms with Crippen LogP contribution in [0.25, 0.3) is 0 Å². The summed E-state index contributed by atoms with van der Waals surface area (Å²) >= 11 is 0. The molecule has 0 saturated carbocycles. The Balaban J connectivity index is 1.97. The first kappa shape index (κ1) is 16.3. The fourth-order valence-electron chi connectivity index (χ4n) is 2.96. The largest absolute Gasteiger partial charge is 0.377 e. The molecule has 5 nitrogen and oxygen atoms in total. The van der Waals surface area contributed by atoms with E-state index in [-0.39, 0.29) is 5.92 Å². The molecule has 5 heteroatoms. The first-order valence-electron chi connectivity index (χ1n) is 8.03. The van der Waals surface area contributed by atoms with Gasteiger partial charge in [0.25, 0.3) is 0 Å². The van der Waals surface area contributed by atoms with Gasteiger partial charge in [0.1, 0.15) is 6.61 Å². The van der Waals surface area contributed by atoms with Gasteiger partial charge in [0, 0.05) is 43.2 Å². The molecular formula is C19H22N4O. The fraction of sp³-hybridized carbons (Fsp3) is 0.316. The van der Waals surface area contributed by atoms with Crippen LogP contribution in [0.3, 0.4) is 0 Å². The molecule has 1 N–H and O–H groups in total. The van der Waals surface area contributed by atoms with Crippen LogP contribution in [-0.4, -0.2) is 27.0 Å². The van der Waals surface area contributed by atoms with E-state index in [4.69, 9.17) is 4.74 Å². The van der Waals surface area contributed by atoms with E-state index in [1.165, 1.54) is 16.7 Å².